The van der Waals surface area contributed by atoms with Gasteiger partial charge in [0.1, 0.15) is 0 Å². The Morgan fingerprint density at radius 1 is 0.933 bits per heavy atom. The Balaban J connectivity index is 2.27. The Hall–Kier alpha value is 0.137. The molecule has 1 aliphatic carbocycles. The van der Waals surface area contributed by atoms with Crippen LogP contribution in [0.25, 0.3) is 0 Å². The summed E-state index contributed by atoms with van der Waals surface area (Å²) in [5, 5.41) is 0. The first-order valence-electron chi connectivity index (χ1n) is 6.60. The molecule has 0 unspecified atom stereocenters. The Kier molecular flexibility index (Phi) is 7.31. The average molecular weight is 230 g/mol. The number of hydrogen-bond acceptors (Lipinski definition) is 2. The molecule has 0 atom stereocenters. The van der Waals surface area contributed by atoms with Crippen molar-refractivity contribution < 1.29 is 8.85 Å². The highest BCUT2D eigenvalue weighted by molar-refractivity contribution is 6.44. The van der Waals surface area contributed by atoms with Crippen molar-refractivity contribution in [2.75, 3.05) is 13.2 Å². The van der Waals surface area contributed by atoms with Gasteiger partial charge >= 0.3 is 9.28 Å². The molecule has 0 N–H and O–H groups in total. The fraction of sp³-hybridized carbons (Fsp3) is 1.00. The minimum Gasteiger partial charge on any atom is -0.397 e. The van der Waals surface area contributed by atoms with E-state index in [0.717, 1.165) is 19.1 Å². The maximum absolute atomic E-state index is 5.74. The van der Waals surface area contributed by atoms with Crippen LogP contribution < -0.4 is 0 Å². The van der Waals surface area contributed by atoms with Crippen molar-refractivity contribution in [3.8, 4) is 0 Å². The first-order valence-corrected chi connectivity index (χ1v) is 8.36. The third kappa shape index (κ3) is 5.69. The highest BCUT2D eigenvalue weighted by Crippen LogP contribution is 2.27. The molecule has 1 rings (SSSR count). The largest absolute Gasteiger partial charge is 0.397 e. The molecule has 1 aliphatic rings. The van der Waals surface area contributed by atoms with Gasteiger partial charge in [-0.05, 0) is 25.8 Å². The number of rotatable bonds is 6. The molecule has 0 saturated heterocycles. The summed E-state index contributed by atoms with van der Waals surface area (Å²) in [6, 6.07) is 1.24. The van der Waals surface area contributed by atoms with Crippen LogP contribution in [-0.2, 0) is 8.85 Å². The third-order valence-electron chi connectivity index (χ3n) is 3.21. The molecule has 3 heteroatoms. The molecule has 0 aromatic heterocycles. The van der Waals surface area contributed by atoms with E-state index in [-0.39, 0.29) is 0 Å². The fourth-order valence-electron chi connectivity index (χ4n) is 2.43. The summed E-state index contributed by atoms with van der Waals surface area (Å²) >= 11 is 0. The minimum absolute atomic E-state index is 0.823. The van der Waals surface area contributed by atoms with Gasteiger partial charge in [-0.15, -0.1) is 0 Å². The monoisotopic (exact) mass is 230 g/mol. The zero-order valence-corrected chi connectivity index (χ0v) is 11.5. The van der Waals surface area contributed by atoms with E-state index in [9.17, 15) is 0 Å². The van der Waals surface area contributed by atoms with Gasteiger partial charge in [-0.25, -0.2) is 0 Å². The zero-order chi connectivity index (χ0) is 10.9. The van der Waals surface area contributed by atoms with Gasteiger partial charge in [0, 0.05) is 13.2 Å². The van der Waals surface area contributed by atoms with E-state index in [4.69, 9.17) is 8.85 Å². The van der Waals surface area contributed by atoms with E-state index in [1.807, 2.05) is 0 Å². The van der Waals surface area contributed by atoms with Crippen LogP contribution in [0.2, 0.25) is 6.04 Å². The molecular weight excluding hydrogens is 204 g/mol. The van der Waals surface area contributed by atoms with Gasteiger partial charge in [-0.1, -0.05) is 38.5 Å². The van der Waals surface area contributed by atoms with Crippen LogP contribution in [0.5, 0.6) is 0 Å². The van der Waals surface area contributed by atoms with Crippen molar-refractivity contribution in [3.05, 3.63) is 0 Å². The van der Waals surface area contributed by atoms with Gasteiger partial charge in [0.25, 0.3) is 0 Å². The Morgan fingerprint density at radius 2 is 1.47 bits per heavy atom. The average Bonchev–Trinajstić information content (AvgIpc) is 2.47. The van der Waals surface area contributed by atoms with Crippen LogP contribution in [0, 0.1) is 5.92 Å². The smallest absolute Gasteiger partial charge is 0.321 e. The topological polar surface area (TPSA) is 18.5 Å². The van der Waals surface area contributed by atoms with Gasteiger partial charge in [0.05, 0.1) is 0 Å². The van der Waals surface area contributed by atoms with Gasteiger partial charge < -0.3 is 8.85 Å². The van der Waals surface area contributed by atoms with Crippen molar-refractivity contribution >= 4 is 9.28 Å². The SMILES string of the molecule is CCO[SiH](CC1CCCCCC1)OCC. The molecule has 0 spiro atoms. The lowest BCUT2D eigenvalue weighted by molar-refractivity contribution is 0.206. The summed E-state index contributed by atoms with van der Waals surface area (Å²) in [6.45, 7) is 5.80. The van der Waals surface area contributed by atoms with Crippen LogP contribution in [0.4, 0.5) is 0 Å². The Labute approximate surface area is 96.2 Å². The molecule has 0 aromatic rings. The van der Waals surface area contributed by atoms with Crippen LogP contribution >= 0.6 is 0 Å². The highest BCUT2D eigenvalue weighted by atomic mass is 28.3. The van der Waals surface area contributed by atoms with Gasteiger partial charge in [-0.3, -0.25) is 0 Å². The molecule has 90 valence electrons. The maximum Gasteiger partial charge on any atom is 0.321 e. The predicted octanol–water partition coefficient (Wildman–Crippen LogP) is 3.25. The second-order valence-electron chi connectivity index (χ2n) is 4.43. The van der Waals surface area contributed by atoms with Crippen molar-refractivity contribution in [1.82, 2.24) is 0 Å². The zero-order valence-electron chi connectivity index (χ0n) is 10.3. The van der Waals surface area contributed by atoms with Gasteiger partial charge in [-0.2, -0.15) is 0 Å². The first-order chi connectivity index (χ1) is 7.36. The lowest BCUT2D eigenvalue weighted by Crippen LogP contribution is -2.25. The lowest BCUT2D eigenvalue weighted by Gasteiger charge is -2.20. The second kappa shape index (κ2) is 8.31. The quantitative estimate of drug-likeness (QED) is 0.515. The van der Waals surface area contributed by atoms with Gasteiger partial charge in [0.15, 0.2) is 0 Å². The van der Waals surface area contributed by atoms with E-state index in [1.54, 1.807) is 0 Å². The summed E-state index contributed by atoms with van der Waals surface area (Å²) in [5.41, 5.74) is 0. The number of hydrogen-bond donors (Lipinski definition) is 0. The normalized spacial score (nSPS) is 19.4. The van der Waals surface area contributed by atoms with Crippen LogP contribution in [-0.4, -0.2) is 22.5 Å². The summed E-state index contributed by atoms with van der Waals surface area (Å²) < 4.78 is 11.5. The summed E-state index contributed by atoms with van der Waals surface area (Å²) in [5.74, 6) is 0.891. The molecule has 2 nitrogen and oxygen atoms in total. The van der Waals surface area contributed by atoms with E-state index < -0.39 is 9.28 Å². The van der Waals surface area contributed by atoms with E-state index in [1.165, 1.54) is 44.6 Å². The molecule has 15 heavy (non-hydrogen) atoms. The standard InChI is InChI=1S/C12H26O2Si/c1-3-13-15(14-4-2)11-12-9-7-5-6-8-10-12/h12,15H,3-11H2,1-2H3. The molecule has 0 aromatic carbocycles. The Bertz CT molecular complexity index is 139. The minimum atomic E-state index is -1.33. The van der Waals surface area contributed by atoms with Crippen LogP contribution in [0.3, 0.4) is 0 Å². The van der Waals surface area contributed by atoms with Crippen molar-refractivity contribution in [2.45, 2.75) is 58.4 Å². The van der Waals surface area contributed by atoms with Crippen molar-refractivity contribution in [1.29, 1.82) is 0 Å². The van der Waals surface area contributed by atoms with Crippen LogP contribution in [0.15, 0.2) is 0 Å². The molecule has 0 radical (unpaired) electrons. The maximum atomic E-state index is 5.74. The van der Waals surface area contributed by atoms with E-state index >= 15 is 0 Å². The molecule has 0 amide bonds. The highest BCUT2D eigenvalue weighted by Gasteiger charge is 2.20. The molecule has 1 fully saturated rings. The lowest BCUT2D eigenvalue weighted by atomic mass is 10.0. The summed E-state index contributed by atoms with van der Waals surface area (Å²) in [6.07, 6.45) is 8.53. The summed E-state index contributed by atoms with van der Waals surface area (Å²) in [4.78, 5) is 0. The van der Waals surface area contributed by atoms with Crippen LogP contribution in [0.1, 0.15) is 52.4 Å². The fourth-order valence-corrected chi connectivity index (χ4v) is 4.56. The van der Waals surface area contributed by atoms with Gasteiger partial charge in [0.2, 0.25) is 0 Å². The predicted molar refractivity (Wildman–Crippen MR) is 66.4 cm³/mol. The second-order valence-corrected chi connectivity index (χ2v) is 6.43. The molecule has 0 heterocycles. The summed E-state index contributed by atoms with van der Waals surface area (Å²) in [7, 11) is -1.33. The van der Waals surface area contributed by atoms with Crippen molar-refractivity contribution in [3.63, 3.8) is 0 Å². The van der Waals surface area contributed by atoms with E-state index in [0.29, 0.717) is 0 Å². The molecule has 0 bridgehead atoms. The van der Waals surface area contributed by atoms with E-state index in [2.05, 4.69) is 13.8 Å². The van der Waals surface area contributed by atoms with Crippen molar-refractivity contribution in [2.24, 2.45) is 5.92 Å². The Morgan fingerprint density at radius 3 is 1.93 bits per heavy atom. The first kappa shape index (κ1) is 13.2. The molecular formula is C12H26O2Si. The third-order valence-corrected chi connectivity index (χ3v) is 5.67. The molecule has 1 saturated carbocycles. The molecule has 0 aliphatic heterocycles.